The van der Waals surface area contributed by atoms with E-state index in [0.29, 0.717) is 6.61 Å². The van der Waals surface area contributed by atoms with Crippen molar-refractivity contribution in [1.82, 2.24) is 0 Å². The van der Waals surface area contributed by atoms with Gasteiger partial charge in [-0.25, -0.2) is 0 Å². The van der Waals surface area contributed by atoms with E-state index in [4.69, 9.17) is 10.5 Å². The number of carbonyl (C=O) groups is 1. The van der Waals surface area contributed by atoms with Gasteiger partial charge in [0.25, 0.3) is 0 Å². The largest absolute Gasteiger partial charge is 0.494 e. The molecule has 0 aromatic heterocycles. The molecule has 1 aromatic carbocycles. The van der Waals surface area contributed by atoms with Crippen LogP contribution in [0.2, 0.25) is 0 Å². The second-order valence-corrected chi connectivity index (χ2v) is 4.63. The predicted molar refractivity (Wildman–Crippen MR) is 73.7 cm³/mol. The summed E-state index contributed by atoms with van der Waals surface area (Å²) in [5.41, 5.74) is 6.50. The average molecular weight is 250 g/mol. The average Bonchev–Trinajstić information content (AvgIpc) is 2.36. The third-order valence-electron chi connectivity index (χ3n) is 2.62. The lowest BCUT2D eigenvalue weighted by Gasteiger charge is -2.15. The zero-order valence-corrected chi connectivity index (χ0v) is 11.3. The molecule has 4 nitrogen and oxygen atoms in total. The number of anilines is 1. The fourth-order valence-electron chi connectivity index (χ4n) is 1.38. The van der Waals surface area contributed by atoms with Crippen molar-refractivity contribution < 1.29 is 9.53 Å². The van der Waals surface area contributed by atoms with Crippen molar-refractivity contribution in [2.75, 3.05) is 11.9 Å². The van der Waals surface area contributed by atoms with Crippen molar-refractivity contribution in [3.8, 4) is 5.75 Å². The maximum Gasteiger partial charge on any atom is 0.241 e. The van der Waals surface area contributed by atoms with E-state index >= 15 is 0 Å². The first-order chi connectivity index (χ1) is 8.54. The normalized spacial score (nSPS) is 12.3. The lowest BCUT2D eigenvalue weighted by Crippen LogP contribution is -2.39. The van der Waals surface area contributed by atoms with E-state index in [9.17, 15) is 4.79 Å². The highest BCUT2D eigenvalue weighted by Gasteiger charge is 2.16. The summed E-state index contributed by atoms with van der Waals surface area (Å²) in [6, 6.07) is 6.82. The number of ether oxygens (including phenoxy) is 1. The maximum absolute atomic E-state index is 11.7. The minimum absolute atomic E-state index is 0.122. The minimum atomic E-state index is -0.485. The molecule has 0 heterocycles. The van der Waals surface area contributed by atoms with Crippen LogP contribution in [0.3, 0.4) is 0 Å². The SMILES string of the molecule is CCCOc1ccc(NC(=O)[C@@H](N)C(C)C)cc1. The summed E-state index contributed by atoms with van der Waals surface area (Å²) in [4.78, 5) is 11.7. The van der Waals surface area contributed by atoms with Crippen LogP contribution in [0, 0.1) is 5.92 Å². The Labute approximate surface area is 109 Å². The molecular weight excluding hydrogens is 228 g/mol. The fourth-order valence-corrected chi connectivity index (χ4v) is 1.38. The third kappa shape index (κ3) is 4.37. The van der Waals surface area contributed by atoms with Crippen LogP contribution in [0.5, 0.6) is 5.75 Å². The van der Waals surface area contributed by atoms with Gasteiger partial charge in [-0.15, -0.1) is 0 Å². The van der Waals surface area contributed by atoms with Crippen LogP contribution in [0.1, 0.15) is 27.2 Å². The molecule has 4 heteroatoms. The van der Waals surface area contributed by atoms with Crippen LogP contribution in [0.4, 0.5) is 5.69 Å². The van der Waals surface area contributed by atoms with Crippen molar-refractivity contribution in [1.29, 1.82) is 0 Å². The zero-order valence-electron chi connectivity index (χ0n) is 11.3. The van der Waals surface area contributed by atoms with Gasteiger partial charge in [0.15, 0.2) is 0 Å². The van der Waals surface area contributed by atoms with Crippen LogP contribution in [-0.2, 0) is 4.79 Å². The lowest BCUT2D eigenvalue weighted by atomic mass is 10.1. The van der Waals surface area contributed by atoms with Gasteiger partial charge in [-0.05, 0) is 36.6 Å². The number of nitrogens with one attached hydrogen (secondary N) is 1. The van der Waals surface area contributed by atoms with E-state index in [2.05, 4.69) is 12.2 Å². The van der Waals surface area contributed by atoms with Gasteiger partial charge in [0.1, 0.15) is 5.75 Å². The van der Waals surface area contributed by atoms with Crippen molar-refractivity contribution in [3.63, 3.8) is 0 Å². The van der Waals surface area contributed by atoms with E-state index in [1.165, 1.54) is 0 Å². The summed E-state index contributed by atoms with van der Waals surface area (Å²) in [6.07, 6.45) is 0.974. The smallest absolute Gasteiger partial charge is 0.241 e. The Morgan fingerprint density at radius 3 is 2.44 bits per heavy atom. The number of rotatable bonds is 6. The Morgan fingerprint density at radius 2 is 1.94 bits per heavy atom. The summed E-state index contributed by atoms with van der Waals surface area (Å²) >= 11 is 0. The Balaban J connectivity index is 2.55. The number of hydrogen-bond acceptors (Lipinski definition) is 3. The topological polar surface area (TPSA) is 64.3 Å². The van der Waals surface area contributed by atoms with Crippen molar-refractivity contribution in [2.24, 2.45) is 11.7 Å². The Kier molecular flexibility index (Phi) is 5.65. The van der Waals surface area contributed by atoms with Crippen LogP contribution >= 0.6 is 0 Å². The van der Waals surface area contributed by atoms with Gasteiger partial charge in [0.05, 0.1) is 12.6 Å². The summed E-state index contributed by atoms with van der Waals surface area (Å²) in [6.45, 7) is 6.60. The van der Waals surface area contributed by atoms with Crippen LogP contribution < -0.4 is 15.8 Å². The molecule has 18 heavy (non-hydrogen) atoms. The van der Waals surface area contributed by atoms with Crippen molar-refractivity contribution in [2.45, 2.75) is 33.2 Å². The van der Waals surface area contributed by atoms with Gasteiger partial charge in [-0.2, -0.15) is 0 Å². The van der Waals surface area contributed by atoms with Gasteiger partial charge >= 0.3 is 0 Å². The first-order valence-corrected chi connectivity index (χ1v) is 6.34. The molecule has 0 aliphatic heterocycles. The maximum atomic E-state index is 11.7. The van der Waals surface area contributed by atoms with Crippen molar-refractivity contribution in [3.05, 3.63) is 24.3 Å². The van der Waals surface area contributed by atoms with Crippen LogP contribution in [-0.4, -0.2) is 18.6 Å². The monoisotopic (exact) mass is 250 g/mol. The molecule has 0 spiro atoms. The summed E-state index contributed by atoms with van der Waals surface area (Å²) in [7, 11) is 0. The number of hydrogen-bond donors (Lipinski definition) is 2. The minimum Gasteiger partial charge on any atom is -0.494 e. The van der Waals surface area contributed by atoms with E-state index in [-0.39, 0.29) is 11.8 Å². The molecule has 0 saturated heterocycles. The van der Waals surface area contributed by atoms with Gasteiger partial charge in [0, 0.05) is 5.69 Å². The molecule has 1 atom stereocenters. The molecule has 1 aromatic rings. The Bertz CT molecular complexity index is 374. The van der Waals surface area contributed by atoms with Gasteiger partial charge in [0.2, 0.25) is 5.91 Å². The first-order valence-electron chi connectivity index (χ1n) is 6.34. The quantitative estimate of drug-likeness (QED) is 0.814. The van der Waals surface area contributed by atoms with E-state index in [1.807, 2.05) is 38.1 Å². The number of benzene rings is 1. The highest BCUT2D eigenvalue weighted by Crippen LogP contribution is 2.16. The van der Waals surface area contributed by atoms with E-state index in [1.54, 1.807) is 0 Å². The highest BCUT2D eigenvalue weighted by molar-refractivity contribution is 5.94. The lowest BCUT2D eigenvalue weighted by molar-refractivity contribution is -0.118. The van der Waals surface area contributed by atoms with Crippen molar-refractivity contribution >= 4 is 11.6 Å². The number of amides is 1. The number of carbonyl (C=O) groups excluding carboxylic acids is 1. The molecule has 0 radical (unpaired) electrons. The first kappa shape index (κ1) is 14.5. The standard InChI is InChI=1S/C14H22N2O2/c1-4-9-18-12-7-5-11(6-8-12)16-14(17)13(15)10(2)3/h5-8,10,13H,4,9,15H2,1-3H3,(H,16,17)/t13-/m0/s1. The van der Waals surface area contributed by atoms with E-state index < -0.39 is 6.04 Å². The molecule has 0 bridgehead atoms. The molecule has 1 rings (SSSR count). The summed E-state index contributed by atoms with van der Waals surface area (Å²) in [5, 5.41) is 2.79. The van der Waals surface area contributed by atoms with Gasteiger partial charge in [-0.3, -0.25) is 4.79 Å². The zero-order chi connectivity index (χ0) is 13.5. The molecule has 3 N–H and O–H groups in total. The molecular formula is C14H22N2O2. The molecule has 1 amide bonds. The second kappa shape index (κ2) is 7.01. The fraction of sp³-hybridized carbons (Fsp3) is 0.500. The molecule has 0 aliphatic carbocycles. The van der Waals surface area contributed by atoms with Crippen LogP contribution in [0.25, 0.3) is 0 Å². The predicted octanol–water partition coefficient (Wildman–Crippen LogP) is 2.40. The third-order valence-corrected chi connectivity index (χ3v) is 2.62. The second-order valence-electron chi connectivity index (χ2n) is 4.63. The highest BCUT2D eigenvalue weighted by atomic mass is 16.5. The van der Waals surface area contributed by atoms with Gasteiger partial charge in [-0.1, -0.05) is 20.8 Å². The molecule has 0 aliphatic rings. The molecule has 0 unspecified atom stereocenters. The Morgan fingerprint density at radius 1 is 1.33 bits per heavy atom. The van der Waals surface area contributed by atoms with E-state index in [0.717, 1.165) is 17.9 Å². The van der Waals surface area contributed by atoms with Gasteiger partial charge < -0.3 is 15.8 Å². The number of nitrogens with two attached hydrogens (primary N) is 1. The summed E-state index contributed by atoms with van der Waals surface area (Å²) < 4.78 is 5.46. The van der Waals surface area contributed by atoms with Crippen LogP contribution in [0.15, 0.2) is 24.3 Å². The molecule has 0 fully saturated rings. The molecule has 100 valence electrons. The molecule has 0 saturated carbocycles. The summed E-state index contributed by atoms with van der Waals surface area (Å²) in [5.74, 6) is 0.771. The Hall–Kier alpha value is -1.55.